The van der Waals surface area contributed by atoms with Crippen molar-refractivity contribution in [1.29, 1.82) is 5.26 Å². The number of hydrogen-bond donors (Lipinski definition) is 6. The Morgan fingerprint density at radius 3 is 1.32 bits per heavy atom. The summed E-state index contributed by atoms with van der Waals surface area (Å²) in [6.07, 6.45) is 12.9. The maximum Gasteiger partial charge on any atom is 0.254 e. The number of amides is 5. The Bertz CT molecular complexity index is 5600. The smallest absolute Gasteiger partial charge is 0.254 e. The number of likely N-dealkylation sites (tertiary alicyclic amines) is 3. The lowest BCUT2D eigenvalue weighted by atomic mass is 10.1. The molecule has 9 heterocycles. The van der Waals surface area contributed by atoms with E-state index in [1.54, 1.807) is 22.8 Å². The fourth-order valence-electron chi connectivity index (χ4n) is 14.7. The number of nitrogens with zero attached hydrogens (tertiary/aromatic N) is 16. The standard InChI is InChI=1S/2C28H28FN7O2.C28H30N8O/c1-3-23(37)35-12-4-5-20(15-35)36-27-24(26(30)32-16-33-27)25(34-36)19-9-7-18(8-10-19)14-31-28(38)21-13-17(2)6-11-22(21)29;1-3-23(37)35-12-4-5-21(15-35)36-27-24(26(30)32-16-33-27)25(34-36)19-8-6-18(7-9-19)14-31-28(38)22-11-10-20(29)13-17(22)2;1-19-6-2-3-8-23(19)28(37)31-16-20-9-11-21(12-10-20)25-24-26(30)32-18-33-27(24)36(34-25)22-7-4-14-35(17-22)15-5-13-29/h3,6-11,13,16,20H,1,4-5,12,14-15H2,2H3,(H,31,38)(H2,30,32,33);3,6-11,13,16,21H,1,4-5,12,14-15H2,2H3,(H,31,38)(H2,30,32,33);2-3,6,8-12,18,22H,4-5,7,14-17H2,1H3,(H,31,37)(H2,30,32,33)/t20-;21-;22-/m111/s1. The number of piperidine rings is 3. The number of halogens is 2. The van der Waals surface area contributed by atoms with E-state index < -0.39 is 11.7 Å². The van der Waals surface area contributed by atoms with Gasteiger partial charge in [0.2, 0.25) is 11.8 Å². The summed E-state index contributed by atoms with van der Waals surface area (Å²) in [4.78, 5) is 94.0. The van der Waals surface area contributed by atoms with Gasteiger partial charge < -0.3 is 47.9 Å². The van der Waals surface area contributed by atoms with Crippen molar-refractivity contribution in [1.82, 2.24) is 89.9 Å². The highest BCUT2D eigenvalue weighted by molar-refractivity contribution is 6.01. The van der Waals surface area contributed by atoms with Gasteiger partial charge in [0.25, 0.3) is 17.7 Å². The predicted molar refractivity (Wildman–Crippen MR) is 428 cm³/mol. The van der Waals surface area contributed by atoms with Crippen molar-refractivity contribution >= 4 is 80.1 Å². The zero-order valence-electron chi connectivity index (χ0n) is 62.9. The SMILES string of the molecule is C=CC(=O)N1CCC[C@@H](n2nc(-c3ccc(CNC(=O)c4cc(C)ccc4F)cc3)c3c(N)ncnc32)C1.C=CC(=O)N1CCC[C@@H](n2nc(-c3ccc(CNC(=O)c4ccc(F)cc4C)cc3)c3c(N)ncnc32)C1.Cc1ccccc1C(=O)NCc1ccc(-c2nn([C@@H]3CCCN(CCC#N)C3)c3ncnc(N)c23)cc1. The minimum absolute atomic E-state index is 0.0187. The predicted octanol–water partition coefficient (Wildman–Crippen LogP) is 11.5. The van der Waals surface area contributed by atoms with Crippen LogP contribution in [-0.4, -0.2) is 149 Å². The number of aromatic nitrogens is 12. The highest BCUT2D eigenvalue weighted by Gasteiger charge is 2.32. The summed E-state index contributed by atoms with van der Waals surface area (Å²) >= 11 is 0. The van der Waals surface area contributed by atoms with Crippen LogP contribution in [0.4, 0.5) is 26.2 Å². The zero-order valence-corrected chi connectivity index (χ0v) is 62.9. The van der Waals surface area contributed by atoms with E-state index in [0.29, 0.717) is 113 Å². The van der Waals surface area contributed by atoms with Crippen LogP contribution in [-0.2, 0) is 29.2 Å². The Hall–Kier alpha value is -13.5. The number of anilines is 3. The van der Waals surface area contributed by atoms with Crippen LogP contribution in [0.2, 0.25) is 0 Å². The Kier molecular flexibility index (Phi) is 24.1. The number of rotatable bonds is 19. The maximum absolute atomic E-state index is 14.0. The Labute approximate surface area is 650 Å². The average molecular weight is 1520 g/mol. The number of hydrogen-bond acceptors (Lipinski definition) is 19. The van der Waals surface area contributed by atoms with E-state index in [-0.39, 0.29) is 59.7 Å². The first-order valence-electron chi connectivity index (χ1n) is 37.3. The van der Waals surface area contributed by atoms with Crippen LogP contribution in [0, 0.1) is 43.7 Å². The third-order valence-electron chi connectivity index (χ3n) is 20.6. The van der Waals surface area contributed by atoms with Crippen LogP contribution >= 0.6 is 0 Å². The van der Waals surface area contributed by atoms with Crippen LogP contribution in [0.25, 0.3) is 66.9 Å². The molecule has 113 heavy (non-hydrogen) atoms. The number of nitrogen functional groups attached to an aromatic ring is 3. The Balaban J connectivity index is 0.000000148. The molecule has 0 aliphatic carbocycles. The zero-order chi connectivity index (χ0) is 79.4. The number of fused-ring (bicyclic) bond motifs is 3. The quantitative estimate of drug-likeness (QED) is 0.0410. The second-order valence-corrected chi connectivity index (χ2v) is 28.2. The second kappa shape index (κ2) is 35.0. The van der Waals surface area contributed by atoms with Gasteiger partial charge in [-0.15, -0.1) is 0 Å². The third-order valence-corrected chi connectivity index (χ3v) is 20.6. The van der Waals surface area contributed by atoms with Gasteiger partial charge in [-0.1, -0.05) is 116 Å². The van der Waals surface area contributed by atoms with Crippen LogP contribution in [0.3, 0.4) is 0 Å². The number of aryl methyl sites for hydroxylation is 3. The molecule has 576 valence electrons. The molecule has 6 aromatic heterocycles. The van der Waals surface area contributed by atoms with Crippen molar-refractivity contribution in [3.8, 4) is 39.8 Å². The summed E-state index contributed by atoms with van der Waals surface area (Å²) in [6.45, 7) is 18.6. The summed E-state index contributed by atoms with van der Waals surface area (Å²) in [5, 5.41) is 34.4. The maximum atomic E-state index is 14.0. The highest BCUT2D eigenvalue weighted by atomic mass is 19.1. The summed E-state index contributed by atoms with van der Waals surface area (Å²) in [7, 11) is 0. The van der Waals surface area contributed by atoms with Gasteiger partial charge in [0.05, 0.1) is 45.9 Å². The lowest BCUT2D eigenvalue weighted by Gasteiger charge is -2.32. The molecule has 29 heteroatoms. The molecule has 0 saturated carbocycles. The first-order valence-corrected chi connectivity index (χ1v) is 37.3. The summed E-state index contributed by atoms with van der Waals surface area (Å²) < 4.78 is 33.1. The minimum atomic E-state index is -0.555. The summed E-state index contributed by atoms with van der Waals surface area (Å²) in [6, 6.07) is 41.5. The second-order valence-electron chi connectivity index (χ2n) is 28.2. The molecular formula is C84H86F2N22O5. The van der Waals surface area contributed by atoms with Crippen LogP contribution in [0.5, 0.6) is 0 Å². The summed E-state index contributed by atoms with van der Waals surface area (Å²) in [5.41, 5.74) is 31.6. The van der Waals surface area contributed by atoms with Gasteiger partial charge in [-0.05, 0) is 142 Å². The molecule has 3 atom stereocenters. The van der Waals surface area contributed by atoms with Crippen molar-refractivity contribution in [2.45, 2.75) is 103 Å². The van der Waals surface area contributed by atoms with E-state index in [4.69, 9.17) is 37.8 Å². The Morgan fingerprint density at radius 1 is 0.496 bits per heavy atom. The van der Waals surface area contributed by atoms with Crippen molar-refractivity contribution in [3.63, 3.8) is 0 Å². The van der Waals surface area contributed by atoms with Gasteiger partial charge in [-0.25, -0.2) is 52.7 Å². The molecule has 0 radical (unpaired) electrons. The molecule has 3 aliphatic rings. The molecule has 5 amide bonds. The average Bonchev–Trinajstić information content (AvgIpc) is 1.62. The molecule has 3 fully saturated rings. The molecule has 12 aromatic rings. The lowest BCUT2D eigenvalue weighted by Crippen LogP contribution is -2.40. The molecule has 0 spiro atoms. The first kappa shape index (κ1) is 77.7. The van der Waals surface area contributed by atoms with Gasteiger partial charge >= 0.3 is 0 Å². The van der Waals surface area contributed by atoms with Gasteiger partial charge in [-0.2, -0.15) is 20.6 Å². The van der Waals surface area contributed by atoms with Gasteiger partial charge in [0, 0.05) is 93.1 Å². The van der Waals surface area contributed by atoms with Gasteiger partial charge in [0.1, 0.15) is 65.2 Å². The number of carbonyl (C=O) groups is 5. The monoisotopic (exact) mass is 1520 g/mol. The number of nitrogens with one attached hydrogen (secondary N) is 3. The van der Waals surface area contributed by atoms with Crippen molar-refractivity contribution in [3.05, 3.63) is 239 Å². The van der Waals surface area contributed by atoms with Gasteiger partial charge in [-0.3, -0.25) is 24.0 Å². The molecule has 0 bridgehead atoms. The molecule has 0 unspecified atom stereocenters. The highest BCUT2D eigenvalue weighted by Crippen LogP contribution is 2.38. The molecule has 3 aliphatic heterocycles. The third kappa shape index (κ3) is 17.6. The van der Waals surface area contributed by atoms with Crippen molar-refractivity contribution in [2.24, 2.45) is 0 Å². The first-order chi connectivity index (χ1) is 54.7. The largest absolute Gasteiger partial charge is 0.383 e. The Morgan fingerprint density at radius 2 is 0.903 bits per heavy atom. The number of nitrogens with two attached hydrogens (primary N) is 3. The van der Waals surface area contributed by atoms with E-state index in [9.17, 15) is 32.8 Å². The summed E-state index contributed by atoms with van der Waals surface area (Å²) in [5.74, 6) is -0.904. The minimum Gasteiger partial charge on any atom is -0.383 e. The van der Waals surface area contributed by atoms with E-state index in [1.165, 1.54) is 61.5 Å². The number of benzene rings is 6. The lowest BCUT2D eigenvalue weighted by molar-refractivity contribution is -0.128. The molecule has 9 N–H and O–H groups in total. The topological polar surface area (TPSA) is 364 Å². The van der Waals surface area contributed by atoms with E-state index in [1.807, 2.05) is 125 Å². The van der Waals surface area contributed by atoms with Gasteiger partial charge in [0.15, 0.2) is 16.9 Å². The van der Waals surface area contributed by atoms with Crippen LogP contribution < -0.4 is 33.2 Å². The van der Waals surface area contributed by atoms with Crippen molar-refractivity contribution in [2.75, 3.05) is 63.0 Å². The van der Waals surface area contributed by atoms with Crippen molar-refractivity contribution < 1.29 is 32.8 Å². The van der Waals surface area contributed by atoms with E-state index >= 15 is 0 Å². The fourth-order valence-corrected chi connectivity index (χ4v) is 14.7. The molecule has 15 rings (SSSR count). The molecule has 6 aromatic carbocycles. The molecular weight excluding hydrogens is 1440 g/mol. The van der Waals surface area contributed by atoms with E-state index in [0.717, 1.165) is 119 Å². The normalized spacial score (nSPS) is 15.6. The molecule has 3 saturated heterocycles. The number of carbonyl (C=O) groups excluding carboxylic acids is 5. The van der Waals surface area contributed by atoms with E-state index in [2.05, 4.69) is 70.0 Å². The molecule has 27 nitrogen and oxygen atoms in total. The number of nitriles is 1. The fraction of sp³-hybridized carbons (Fsp3) is 0.274. The van der Waals surface area contributed by atoms with Crippen LogP contribution in [0.15, 0.2) is 178 Å². The van der Waals surface area contributed by atoms with Crippen LogP contribution in [0.1, 0.15) is 128 Å².